The molecule has 1 heterocycles. The molecular weight excluding hydrogens is 414 g/mol. The Morgan fingerprint density at radius 1 is 1.18 bits per heavy atom. The van der Waals surface area contributed by atoms with E-state index in [1.54, 1.807) is 0 Å². The van der Waals surface area contributed by atoms with Crippen molar-refractivity contribution in [3.8, 4) is 0 Å². The average molecular weight is 436 g/mol. The molecule has 0 spiro atoms. The highest BCUT2D eigenvalue weighted by Crippen LogP contribution is 2.55. The van der Waals surface area contributed by atoms with Gasteiger partial charge in [0.05, 0.1) is 16.0 Å². The van der Waals surface area contributed by atoms with Crippen LogP contribution in [0.15, 0.2) is 22.5 Å². The molecule has 4 aliphatic rings. The first-order valence-electron chi connectivity index (χ1n) is 9.77. The molecule has 8 heteroatoms. The van der Waals surface area contributed by atoms with Gasteiger partial charge in [0.2, 0.25) is 5.91 Å². The summed E-state index contributed by atoms with van der Waals surface area (Å²) in [6, 6.07) is 5.23. The van der Waals surface area contributed by atoms with Crippen molar-refractivity contribution in [2.24, 2.45) is 17.8 Å². The van der Waals surface area contributed by atoms with Gasteiger partial charge in [0.15, 0.2) is 4.34 Å². The molecule has 4 saturated carbocycles. The van der Waals surface area contributed by atoms with Gasteiger partial charge in [-0.25, -0.2) is 9.78 Å². The first kappa shape index (κ1) is 18.7. The van der Waals surface area contributed by atoms with Crippen molar-refractivity contribution in [1.82, 2.24) is 15.6 Å². The smallest absolute Gasteiger partial charge is 0.321 e. The van der Waals surface area contributed by atoms with E-state index in [0.29, 0.717) is 5.02 Å². The van der Waals surface area contributed by atoms with Crippen molar-refractivity contribution in [2.45, 2.75) is 48.4 Å². The first-order valence-corrected chi connectivity index (χ1v) is 12.0. The fourth-order valence-corrected chi connectivity index (χ4v) is 7.78. The van der Waals surface area contributed by atoms with E-state index < -0.39 is 0 Å². The summed E-state index contributed by atoms with van der Waals surface area (Å²) in [4.78, 5) is 29.2. The number of thiazole rings is 1. The SMILES string of the molecule is O=C(CSc1nc2cc(Cl)ccc2s1)NC(=O)NC12CC3CC(CC(C3)C1)C2. The van der Waals surface area contributed by atoms with Gasteiger partial charge in [-0.15, -0.1) is 11.3 Å². The lowest BCUT2D eigenvalue weighted by Crippen LogP contribution is -2.61. The number of rotatable bonds is 4. The summed E-state index contributed by atoms with van der Waals surface area (Å²) in [7, 11) is 0. The third-order valence-corrected chi connectivity index (χ3v) is 8.74. The normalized spacial score (nSPS) is 30.5. The molecule has 0 aliphatic heterocycles. The lowest BCUT2D eigenvalue weighted by Gasteiger charge is -2.56. The number of urea groups is 1. The minimum atomic E-state index is -0.344. The second kappa shape index (κ2) is 7.18. The van der Waals surface area contributed by atoms with Crippen molar-refractivity contribution < 1.29 is 9.59 Å². The molecule has 0 saturated heterocycles. The van der Waals surface area contributed by atoms with Crippen LogP contribution in [0.1, 0.15) is 38.5 Å². The highest BCUT2D eigenvalue weighted by Gasteiger charge is 2.51. The van der Waals surface area contributed by atoms with Crippen LogP contribution in [0.5, 0.6) is 0 Å². The topological polar surface area (TPSA) is 71.1 Å². The molecule has 3 amide bonds. The highest BCUT2D eigenvalue weighted by atomic mass is 35.5. The number of fused-ring (bicyclic) bond motifs is 1. The predicted molar refractivity (Wildman–Crippen MR) is 113 cm³/mol. The maximum absolute atomic E-state index is 12.4. The first-order chi connectivity index (χ1) is 13.5. The number of imide groups is 1. The Hall–Kier alpha value is -1.31. The predicted octanol–water partition coefficient (Wildman–Crippen LogP) is 4.84. The molecule has 1 aromatic carbocycles. The molecule has 4 aliphatic carbocycles. The molecule has 5 nitrogen and oxygen atoms in total. The van der Waals surface area contributed by atoms with E-state index in [-0.39, 0.29) is 23.2 Å². The molecule has 4 fully saturated rings. The summed E-state index contributed by atoms with van der Waals surface area (Å²) < 4.78 is 1.83. The molecule has 0 radical (unpaired) electrons. The number of amides is 3. The summed E-state index contributed by atoms with van der Waals surface area (Å²) in [5, 5.41) is 6.33. The maximum Gasteiger partial charge on any atom is 0.321 e. The van der Waals surface area contributed by atoms with Crippen LogP contribution in [0.3, 0.4) is 0 Å². The van der Waals surface area contributed by atoms with E-state index >= 15 is 0 Å². The Bertz CT molecular complexity index is 909. The zero-order valence-corrected chi connectivity index (χ0v) is 17.8. The van der Waals surface area contributed by atoms with Crippen LogP contribution in [0.25, 0.3) is 10.2 Å². The molecule has 28 heavy (non-hydrogen) atoms. The van der Waals surface area contributed by atoms with Crippen molar-refractivity contribution in [3.05, 3.63) is 23.2 Å². The highest BCUT2D eigenvalue weighted by molar-refractivity contribution is 8.01. The maximum atomic E-state index is 12.4. The van der Waals surface area contributed by atoms with Gasteiger partial charge in [0.1, 0.15) is 0 Å². The van der Waals surface area contributed by atoms with E-state index in [1.807, 2.05) is 18.2 Å². The summed E-state index contributed by atoms with van der Waals surface area (Å²) in [6.07, 6.45) is 7.19. The average Bonchev–Trinajstić information content (AvgIpc) is 3.00. The zero-order chi connectivity index (χ0) is 19.3. The van der Waals surface area contributed by atoms with Gasteiger partial charge < -0.3 is 5.32 Å². The number of benzene rings is 1. The van der Waals surface area contributed by atoms with Crippen LogP contribution in [0.4, 0.5) is 4.79 Å². The van der Waals surface area contributed by atoms with Crippen LogP contribution < -0.4 is 10.6 Å². The summed E-state index contributed by atoms with van der Waals surface area (Å²) in [5.74, 6) is 2.15. The minimum absolute atomic E-state index is 0.0848. The summed E-state index contributed by atoms with van der Waals surface area (Å²) in [6.45, 7) is 0. The van der Waals surface area contributed by atoms with E-state index in [0.717, 1.165) is 51.6 Å². The number of carbonyl (C=O) groups is 2. The monoisotopic (exact) mass is 435 g/mol. The summed E-state index contributed by atoms with van der Waals surface area (Å²) in [5.41, 5.74) is 0.749. The third-order valence-electron chi connectivity index (χ3n) is 6.33. The summed E-state index contributed by atoms with van der Waals surface area (Å²) >= 11 is 8.86. The fourth-order valence-electron chi connectivity index (χ4n) is 5.77. The van der Waals surface area contributed by atoms with Crippen LogP contribution in [0.2, 0.25) is 5.02 Å². The Kier molecular flexibility index (Phi) is 4.80. The number of hydrogen-bond donors (Lipinski definition) is 2. The number of nitrogens with zero attached hydrogens (tertiary/aromatic N) is 1. The van der Waals surface area contributed by atoms with Crippen molar-refractivity contribution in [1.29, 1.82) is 0 Å². The number of aromatic nitrogens is 1. The largest absolute Gasteiger partial charge is 0.332 e. The molecule has 0 unspecified atom stereocenters. The van der Waals surface area contributed by atoms with Gasteiger partial charge in [-0.2, -0.15) is 0 Å². The lowest BCUT2D eigenvalue weighted by atomic mass is 9.53. The lowest BCUT2D eigenvalue weighted by molar-refractivity contribution is -0.117. The molecular formula is C20H22ClN3O2S2. The Balaban J connectivity index is 1.15. The van der Waals surface area contributed by atoms with Crippen LogP contribution in [-0.4, -0.2) is 28.2 Å². The van der Waals surface area contributed by atoms with Gasteiger partial charge in [-0.1, -0.05) is 23.4 Å². The zero-order valence-electron chi connectivity index (χ0n) is 15.4. The van der Waals surface area contributed by atoms with Crippen molar-refractivity contribution in [2.75, 3.05) is 5.75 Å². The van der Waals surface area contributed by atoms with E-state index in [2.05, 4.69) is 15.6 Å². The molecule has 0 atom stereocenters. The van der Waals surface area contributed by atoms with E-state index in [4.69, 9.17) is 11.6 Å². The molecule has 2 N–H and O–H groups in total. The van der Waals surface area contributed by atoms with Crippen LogP contribution >= 0.6 is 34.7 Å². The molecule has 6 rings (SSSR count). The third kappa shape index (κ3) is 3.76. The number of halogens is 1. The van der Waals surface area contributed by atoms with Gasteiger partial charge in [-0.05, 0) is 74.5 Å². The fraction of sp³-hybridized carbons (Fsp3) is 0.550. The van der Waals surface area contributed by atoms with E-state index in [9.17, 15) is 9.59 Å². The number of thioether (sulfide) groups is 1. The van der Waals surface area contributed by atoms with Gasteiger partial charge in [0.25, 0.3) is 0 Å². The second-order valence-electron chi connectivity index (χ2n) is 8.58. The molecule has 1 aromatic heterocycles. The number of carbonyl (C=O) groups excluding carboxylic acids is 2. The van der Waals surface area contributed by atoms with Crippen molar-refractivity contribution in [3.63, 3.8) is 0 Å². The van der Waals surface area contributed by atoms with Gasteiger partial charge in [-0.3, -0.25) is 10.1 Å². The van der Waals surface area contributed by atoms with Crippen molar-refractivity contribution >= 4 is 56.9 Å². The number of nitrogens with one attached hydrogen (secondary N) is 2. The Morgan fingerprint density at radius 2 is 1.86 bits per heavy atom. The second-order valence-corrected chi connectivity index (χ2v) is 11.3. The Labute approximate surface area is 177 Å². The van der Waals surface area contributed by atoms with Gasteiger partial charge in [0, 0.05) is 10.6 Å². The van der Waals surface area contributed by atoms with Gasteiger partial charge >= 0.3 is 6.03 Å². The van der Waals surface area contributed by atoms with Crippen LogP contribution in [0, 0.1) is 17.8 Å². The molecule has 2 aromatic rings. The standard InChI is InChI=1S/C20H22ClN3O2S2/c21-14-1-2-16-15(6-14)22-19(28-16)27-10-17(25)23-18(26)24-20-7-11-3-12(8-20)5-13(4-11)9-20/h1-2,6,11-13H,3-5,7-10H2,(H2,23,24,25,26). The molecule has 4 bridgehead atoms. The van der Waals surface area contributed by atoms with E-state index in [1.165, 1.54) is 42.4 Å². The Morgan fingerprint density at radius 3 is 2.54 bits per heavy atom. The number of hydrogen-bond acceptors (Lipinski definition) is 5. The minimum Gasteiger partial charge on any atom is -0.332 e. The quantitative estimate of drug-likeness (QED) is 0.674. The van der Waals surface area contributed by atoms with Crippen LogP contribution in [-0.2, 0) is 4.79 Å². The molecule has 148 valence electrons.